The van der Waals surface area contributed by atoms with Gasteiger partial charge in [-0.25, -0.2) is 13.6 Å². The largest absolute Gasteiger partial charge is 0.457 e. The van der Waals surface area contributed by atoms with E-state index in [1.165, 1.54) is 30.0 Å². The lowest BCUT2D eigenvalue weighted by atomic mass is 9.83. The van der Waals surface area contributed by atoms with Crippen LogP contribution in [0.1, 0.15) is 41.5 Å². The molecule has 0 radical (unpaired) electrons. The summed E-state index contributed by atoms with van der Waals surface area (Å²) in [6.07, 6.45) is -4.76. The number of ether oxygens (including phenoxy) is 1. The van der Waals surface area contributed by atoms with Gasteiger partial charge in [0, 0.05) is 18.0 Å². The van der Waals surface area contributed by atoms with Crippen LogP contribution in [0.4, 0.5) is 22.0 Å². The van der Waals surface area contributed by atoms with Gasteiger partial charge in [-0.05, 0) is 47.9 Å². The van der Waals surface area contributed by atoms with Crippen molar-refractivity contribution in [2.75, 3.05) is 0 Å². The monoisotopic (exact) mass is 515 g/mol. The third-order valence-electron chi connectivity index (χ3n) is 6.22. The lowest BCUT2D eigenvalue weighted by molar-refractivity contribution is -0.142. The van der Waals surface area contributed by atoms with E-state index in [2.05, 4.69) is 0 Å². The summed E-state index contributed by atoms with van der Waals surface area (Å²) in [4.78, 5) is 27.7. The van der Waals surface area contributed by atoms with Crippen LogP contribution in [-0.4, -0.2) is 16.8 Å². The number of hydrogen-bond acceptors (Lipinski definition) is 3. The maximum Gasteiger partial charge on any atom is 0.416 e. The van der Waals surface area contributed by atoms with E-state index in [4.69, 9.17) is 4.74 Å². The molecule has 4 nitrogen and oxygen atoms in total. The maximum absolute atomic E-state index is 13.7. The first kappa shape index (κ1) is 26.1. The summed E-state index contributed by atoms with van der Waals surface area (Å²) in [5, 5.41) is 0. The number of rotatable bonds is 6. The number of hydrogen-bond donors (Lipinski definition) is 0. The number of carbonyl (C=O) groups excluding carboxylic acids is 2. The highest BCUT2D eigenvalue weighted by atomic mass is 19.4. The third-order valence-corrected chi connectivity index (χ3v) is 6.22. The minimum absolute atomic E-state index is 0.0483. The van der Waals surface area contributed by atoms with Crippen LogP contribution in [-0.2, 0) is 33.7 Å². The molecular formula is C28H22F5NO3. The molecule has 1 heterocycles. The molecule has 0 aliphatic carbocycles. The molecule has 1 aliphatic heterocycles. The first-order valence-corrected chi connectivity index (χ1v) is 11.4. The summed E-state index contributed by atoms with van der Waals surface area (Å²) in [5.74, 6) is -4.11. The van der Waals surface area contributed by atoms with Crippen LogP contribution in [0, 0.1) is 11.6 Å². The van der Waals surface area contributed by atoms with E-state index in [-0.39, 0.29) is 30.8 Å². The van der Waals surface area contributed by atoms with Gasteiger partial charge in [0.15, 0.2) is 11.6 Å². The fourth-order valence-electron chi connectivity index (χ4n) is 4.28. The van der Waals surface area contributed by atoms with Gasteiger partial charge in [0.25, 0.3) is 0 Å². The molecule has 0 N–H and O–H groups in total. The first-order valence-electron chi connectivity index (χ1n) is 11.4. The highest BCUT2D eigenvalue weighted by molar-refractivity contribution is 5.95. The standard InChI is InChI=1S/C28H22F5NO3/c1-17-26(27(36)37-16-18-5-3-2-4-6-18)22(20-8-10-21(11-9-20)28(31,32)33)14-25(35)34(17)15-19-7-12-23(29)24(30)13-19/h2-13,22H,14-16H2,1H3. The van der Waals surface area contributed by atoms with Crippen molar-refractivity contribution in [3.8, 4) is 0 Å². The van der Waals surface area contributed by atoms with Crippen molar-refractivity contribution >= 4 is 11.9 Å². The molecule has 0 saturated heterocycles. The van der Waals surface area contributed by atoms with E-state index in [1.54, 1.807) is 24.3 Å². The Morgan fingerprint density at radius 3 is 2.24 bits per heavy atom. The molecule has 37 heavy (non-hydrogen) atoms. The molecule has 0 fully saturated rings. The van der Waals surface area contributed by atoms with Crippen LogP contribution in [0.2, 0.25) is 0 Å². The smallest absolute Gasteiger partial charge is 0.416 e. The SMILES string of the molecule is CC1=C(C(=O)OCc2ccccc2)C(c2ccc(C(F)(F)F)cc2)CC(=O)N1Cc1ccc(F)c(F)c1. The number of amides is 1. The second kappa shape index (κ2) is 10.5. The summed E-state index contributed by atoms with van der Waals surface area (Å²) in [6, 6.07) is 16.4. The molecule has 3 aromatic carbocycles. The number of nitrogens with zero attached hydrogens (tertiary/aromatic N) is 1. The highest BCUT2D eigenvalue weighted by Gasteiger charge is 2.38. The minimum Gasteiger partial charge on any atom is -0.457 e. The van der Waals surface area contributed by atoms with Gasteiger partial charge in [-0.1, -0.05) is 48.5 Å². The molecule has 0 saturated carbocycles. The fourth-order valence-corrected chi connectivity index (χ4v) is 4.28. The Labute approximate surface area is 210 Å². The van der Waals surface area contributed by atoms with Crippen LogP contribution < -0.4 is 0 Å². The predicted octanol–water partition coefficient (Wildman–Crippen LogP) is 6.52. The van der Waals surface area contributed by atoms with Gasteiger partial charge in [-0.3, -0.25) is 4.79 Å². The van der Waals surface area contributed by atoms with E-state index in [0.29, 0.717) is 11.1 Å². The zero-order chi connectivity index (χ0) is 26.7. The zero-order valence-electron chi connectivity index (χ0n) is 19.7. The normalized spacial score (nSPS) is 16.2. The molecule has 1 amide bonds. The molecule has 0 spiro atoms. The Bertz CT molecular complexity index is 1330. The zero-order valence-corrected chi connectivity index (χ0v) is 19.7. The molecule has 192 valence electrons. The average molecular weight is 515 g/mol. The van der Waals surface area contributed by atoms with Crippen molar-refractivity contribution in [3.05, 3.63) is 118 Å². The number of benzene rings is 3. The third kappa shape index (κ3) is 5.87. The van der Waals surface area contributed by atoms with Crippen LogP contribution >= 0.6 is 0 Å². The van der Waals surface area contributed by atoms with Crippen LogP contribution in [0.25, 0.3) is 0 Å². The Kier molecular flexibility index (Phi) is 7.42. The van der Waals surface area contributed by atoms with Gasteiger partial charge in [0.05, 0.1) is 17.7 Å². The van der Waals surface area contributed by atoms with Crippen LogP contribution in [0.5, 0.6) is 0 Å². The summed E-state index contributed by atoms with van der Waals surface area (Å²) in [5.41, 5.74) is 0.858. The summed E-state index contributed by atoms with van der Waals surface area (Å²) in [7, 11) is 0. The Morgan fingerprint density at radius 2 is 1.62 bits per heavy atom. The summed E-state index contributed by atoms with van der Waals surface area (Å²) < 4.78 is 71.8. The number of carbonyl (C=O) groups is 2. The van der Waals surface area contributed by atoms with E-state index >= 15 is 0 Å². The van der Waals surface area contributed by atoms with E-state index in [9.17, 15) is 31.5 Å². The van der Waals surface area contributed by atoms with E-state index in [0.717, 1.165) is 29.8 Å². The Balaban J connectivity index is 1.69. The first-order chi connectivity index (χ1) is 17.5. The van der Waals surface area contributed by atoms with Gasteiger partial charge >= 0.3 is 12.1 Å². The molecular weight excluding hydrogens is 493 g/mol. The fraction of sp³-hybridized carbons (Fsp3) is 0.214. The molecule has 4 rings (SSSR count). The molecule has 1 unspecified atom stereocenters. The molecule has 1 atom stereocenters. The molecule has 3 aromatic rings. The molecule has 0 aromatic heterocycles. The average Bonchev–Trinajstić information content (AvgIpc) is 2.87. The number of allylic oxidation sites excluding steroid dienone is 1. The highest BCUT2D eigenvalue weighted by Crippen LogP contribution is 2.39. The second-order valence-electron chi connectivity index (χ2n) is 8.67. The predicted molar refractivity (Wildman–Crippen MR) is 125 cm³/mol. The minimum atomic E-state index is -4.54. The lowest BCUT2D eigenvalue weighted by Crippen LogP contribution is -2.38. The van der Waals surface area contributed by atoms with Gasteiger partial charge in [-0.2, -0.15) is 13.2 Å². The quantitative estimate of drug-likeness (QED) is 0.278. The topological polar surface area (TPSA) is 46.6 Å². The van der Waals surface area contributed by atoms with Crippen molar-refractivity contribution in [2.45, 2.75) is 38.6 Å². The van der Waals surface area contributed by atoms with E-state index < -0.39 is 41.2 Å². The summed E-state index contributed by atoms with van der Waals surface area (Å²) >= 11 is 0. The maximum atomic E-state index is 13.7. The number of halogens is 5. The Morgan fingerprint density at radius 1 is 0.946 bits per heavy atom. The van der Waals surface area contributed by atoms with E-state index in [1.807, 2.05) is 6.07 Å². The molecule has 9 heteroatoms. The van der Waals surface area contributed by atoms with Gasteiger partial charge in [0.2, 0.25) is 5.91 Å². The number of alkyl halides is 3. The second-order valence-corrected chi connectivity index (χ2v) is 8.67. The lowest BCUT2D eigenvalue weighted by Gasteiger charge is -2.34. The summed E-state index contributed by atoms with van der Waals surface area (Å²) in [6.45, 7) is 1.34. The van der Waals surface area contributed by atoms with Gasteiger partial charge in [0.1, 0.15) is 6.61 Å². The van der Waals surface area contributed by atoms with Crippen LogP contribution in [0.3, 0.4) is 0 Å². The van der Waals surface area contributed by atoms with Crippen molar-refractivity contribution in [3.63, 3.8) is 0 Å². The van der Waals surface area contributed by atoms with Gasteiger partial charge < -0.3 is 9.64 Å². The van der Waals surface area contributed by atoms with Crippen LogP contribution in [0.15, 0.2) is 84.1 Å². The molecule has 0 bridgehead atoms. The van der Waals surface area contributed by atoms with Crippen molar-refractivity contribution in [2.24, 2.45) is 0 Å². The van der Waals surface area contributed by atoms with Crippen molar-refractivity contribution < 1.29 is 36.3 Å². The Hall–Kier alpha value is -4.01. The molecule has 1 aliphatic rings. The van der Waals surface area contributed by atoms with Crippen molar-refractivity contribution in [1.29, 1.82) is 0 Å². The van der Waals surface area contributed by atoms with Crippen molar-refractivity contribution in [1.82, 2.24) is 4.90 Å². The van der Waals surface area contributed by atoms with Gasteiger partial charge in [-0.15, -0.1) is 0 Å². The number of esters is 1.